The molecule has 2 bridgehead atoms. The number of aryl methyl sites for hydroxylation is 1. The topological polar surface area (TPSA) is 74.5 Å². The van der Waals surface area contributed by atoms with Crippen molar-refractivity contribution in [2.75, 3.05) is 0 Å². The van der Waals surface area contributed by atoms with Crippen LogP contribution in [0, 0.1) is 29.5 Å². The summed E-state index contributed by atoms with van der Waals surface area (Å²) in [5, 5.41) is 14.4. The van der Waals surface area contributed by atoms with Crippen molar-refractivity contribution in [3.8, 4) is 6.07 Å². The van der Waals surface area contributed by atoms with Crippen LogP contribution in [0.5, 0.6) is 0 Å². The van der Waals surface area contributed by atoms with Crippen molar-refractivity contribution in [2.45, 2.75) is 56.1 Å². The number of nitrogens with one attached hydrogen (secondary N) is 1. The average Bonchev–Trinajstić information content (AvgIpc) is 3.22. The van der Waals surface area contributed by atoms with Crippen LogP contribution in [0.2, 0.25) is 5.02 Å². The lowest BCUT2D eigenvalue weighted by molar-refractivity contribution is -0.276. The highest BCUT2D eigenvalue weighted by molar-refractivity contribution is 6.30. The molecule has 13 heteroatoms. The monoisotopic (exact) mass is 559 g/mol. The molecule has 200 valence electrons. The van der Waals surface area contributed by atoms with Crippen LogP contribution in [0.15, 0.2) is 35.5 Å². The molecule has 1 unspecified atom stereocenters. The van der Waals surface area contributed by atoms with Crippen molar-refractivity contribution < 1.29 is 40.4 Å². The van der Waals surface area contributed by atoms with Crippen molar-refractivity contribution in [1.29, 1.82) is 5.26 Å². The standard InChI is InChI=1S/C25H17ClF7N3O2/c1-12-4-13(2-3-15(12)20(37)35-22-8-21(9-22,10-22)11-34)18-7-23(38-36-18,25(31,32)33)16-5-14(24(28,29)30)6-17(26)19(16)27/h2-6H,7-10H2,1H3,(H,35,37). The van der Waals surface area contributed by atoms with Gasteiger partial charge in [0, 0.05) is 16.7 Å². The number of rotatable bonds is 4. The molecule has 3 aliphatic carbocycles. The highest BCUT2D eigenvalue weighted by atomic mass is 35.5. The zero-order valence-electron chi connectivity index (χ0n) is 19.4. The van der Waals surface area contributed by atoms with Crippen molar-refractivity contribution in [2.24, 2.45) is 10.6 Å². The maximum absolute atomic E-state index is 14.8. The molecule has 0 radical (unpaired) electrons. The fourth-order valence-corrected chi connectivity index (χ4v) is 5.75. The van der Waals surface area contributed by atoms with Crippen LogP contribution in [-0.4, -0.2) is 23.3 Å². The molecule has 0 saturated heterocycles. The Balaban J connectivity index is 1.42. The first-order valence-electron chi connectivity index (χ1n) is 11.3. The minimum atomic E-state index is -5.37. The molecule has 1 N–H and O–H groups in total. The summed E-state index contributed by atoms with van der Waals surface area (Å²) in [5.41, 5.74) is -6.92. The molecule has 3 fully saturated rings. The van der Waals surface area contributed by atoms with Crippen LogP contribution in [-0.2, 0) is 16.6 Å². The summed E-state index contributed by atoms with van der Waals surface area (Å²) in [7, 11) is 0. The van der Waals surface area contributed by atoms with Gasteiger partial charge < -0.3 is 10.2 Å². The fourth-order valence-electron chi connectivity index (χ4n) is 5.53. The van der Waals surface area contributed by atoms with Gasteiger partial charge in [-0.25, -0.2) is 4.39 Å². The Morgan fingerprint density at radius 1 is 1.13 bits per heavy atom. The van der Waals surface area contributed by atoms with E-state index in [9.17, 15) is 35.5 Å². The Bertz CT molecular complexity index is 1420. The normalized spacial score (nSPS) is 27.9. The lowest BCUT2D eigenvalue weighted by atomic mass is 9.40. The van der Waals surface area contributed by atoms with E-state index >= 15 is 0 Å². The van der Waals surface area contributed by atoms with Crippen molar-refractivity contribution in [3.63, 3.8) is 0 Å². The first-order chi connectivity index (χ1) is 17.5. The van der Waals surface area contributed by atoms with Gasteiger partial charge >= 0.3 is 12.4 Å². The zero-order valence-corrected chi connectivity index (χ0v) is 20.2. The van der Waals surface area contributed by atoms with Gasteiger partial charge in [0.15, 0.2) is 0 Å². The van der Waals surface area contributed by atoms with Crippen LogP contribution in [0.25, 0.3) is 0 Å². The maximum atomic E-state index is 14.8. The van der Waals surface area contributed by atoms with Crippen molar-refractivity contribution >= 4 is 23.2 Å². The number of nitriles is 1. The summed E-state index contributed by atoms with van der Waals surface area (Å²) >= 11 is 5.53. The highest BCUT2D eigenvalue weighted by Crippen LogP contribution is 2.66. The number of hydrogen-bond donors (Lipinski definition) is 1. The molecule has 0 spiro atoms. The Morgan fingerprint density at radius 2 is 1.79 bits per heavy atom. The summed E-state index contributed by atoms with van der Waals surface area (Å²) in [4.78, 5) is 17.5. The number of carbonyl (C=O) groups excluding carboxylic acids is 1. The number of hydrogen-bond acceptors (Lipinski definition) is 4. The fraction of sp³-hybridized carbons (Fsp3) is 0.400. The third-order valence-corrected chi connectivity index (χ3v) is 7.70. The van der Waals surface area contributed by atoms with E-state index in [1.165, 1.54) is 18.2 Å². The quantitative estimate of drug-likeness (QED) is 0.431. The molecule has 2 aromatic rings. The van der Waals surface area contributed by atoms with Gasteiger partial charge in [0.05, 0.1) is 34.2 Å². The highest BCUT2D eigenvalue weighted by Gasteiger charge is 2.69. The lowest BCUT2D eigenvalue weighted by Crippen LogP contribution is -2.74. The molecule has 38 heavy (non-hydrogen) atoms. The predicted octanol–water partition coefficient (Wildman–Crippen LogP) is 6.56. The smallest absolute Gasteiger partial charge is 0.374 e. The molecule has 2 aromatic carbocycles. The van der Waals surface area contributed by atoms with Gasteiger partial charge in [0.2, 0.25) is 0 Å². The number of carbonyl (C=O) groups is 1. The van der Waals surface area contributed by atoms with Gasteiger partial charge in [0.25, 0.3) is 11.5 Å². The van der Waals surface area contributed by atoms with E-state index in [1.54, 1.807) is 6.92 Å². The Morgan fingerprint density at radius 3 is 2.34 bits per heavy atom. The van der Waals surface area contributed by atoms with Gasteiger partial charge in [-0.1, -0.05) is 22.8 Å². The van der Waals surface area contributed by atoms with Crippen LogP contribution < -0.4 is 5.32 Å². The summed E-state index contributed by atoms with van der Waals surface area (Å²) < 4.78 is 97.4. The largest absolute Gasteiger partial charge is 0.435 e. The summed E-state index contributed by atoms with van der Waals surface area (Å²) in [6.07, 6.45) is -9.92. The molecular weight excluding hydrogens is 543 g/mol. The van der Waals surface area contributed by atoms with Crippen LogP contribution in [0.4, 0.5) is 30.7 Å². The van der Waals surface area contributed by atoms with Gasteiger partial charge in [0.1, 0.15) is 5.82 Å². The zero-order chi connectivity index (χ0) is 27.9. The molecular formula is C25H17ClF7N3O2. The third kappa shape index (κ3) is 3.90. The summed E-state index contributed by atoms with van der Waals surface area (Å²) in [6, 6.07) is 6.54. The number of benzene rings is 2. The van der Waals surface area contributed by atoms with E-state index in [-0.39, 0.29) is 34.4 Å². The molecule has 1 amide bonds. The van der Waals surface area contributed by atoms with Crippen molar-refractivity contribution in [1.82, 2.24) is 5.32 Å². The number of alkyl halides is 6. The van der Waals surface area contributed by atoms with E-state index in [0.717, 1.165) is 0 Å². The van der Waals surface area contributed by atoms with E-state index in [0.29, 0.717) is 24.8 Å². The van der Waals surface area contributed by atoms with Gasteiger partial charge in [-0.3, -0.25) is 4.79 Å². The van der Waals surface area contributed by atoms with Crippen LogP contribution in [0.1, 0.15) is 58.3 Å². The SMILES string of the molecule is Cc1cc(C2=NOC(c3cc(C(F)(F)F)cc(Cl)c3F)(C(F)(F)F)C2)ccc1C(=O)NC12CC(C#N)(C1)C2. The second kappa shape index (κ2) is 8.09. The van der Waals surface area contributed by atoms with Crippen molar-refractivity contribution in [3.05, 3.63) is 69.0 Å². The Kier molecular flexibility index (Phi) is 5.59. The van der Waals surface area contributed by atoms with E-state index < -0.39 is 57.8 Å². The molecule has 1 atom stereocenters. The molecule has 1 heterocycles. The number of halogens is 8. The summed E-state index contributed by atoms with van der Waals surface area (Å²) in [6.45, 7) is 1.55. The molecule has 5 nitrogen and oxygen atoms in total. The van der Waals surface area contributed by atoms with E-state index in [4.69, 9.17) is 16.9 Å². The molecule has 1 aliphatic heterocycles. The number of nitrogens with zero attached hydrogens (tertiary/aromatic N) is 2. The van der Waals surface area contributed by atoms with Gasteiger partial charge in [-0.2, -0.15) is 31.6 Å². The van der Waals surface area contributed by atoms with E-state index in [1.807, 2.05) is 0 Å². The maximum Gasteiger partial charge on any atom is 0.435 e. The Hall–Kier alpha value is -3.33. The van der Waals surface area contributed by atoms with Gasteiger partial charge in [-0.15, -0.1) is 0 Å². The second-order valence-corrected chi connectivity index (χ2v) is 10.5. The van der Waals surface area contributed by atoms with Crippen LogP contribution >= 0.6 is 11.6 Å². The first kappa shape index (κ1) is 26.3. The minimum absolute atomic E-state index is 0.0210. The Labute approximate surface area is 216 Å². The number of amides is 1. The van der Waals surface area contributed by atoms with Gasteiger partial charge in [-0.05, 0) is 61.6 Å². The minimum Gasteiger partial charge on any atom is -0.374 e. The molecule has 4 aliphatic rings. The first-order valence-corrected chi connectivity index (χ1v) is 11.6. The average molecular weight is 560 g/mol. The summed E-state index contributed by atoms with van der Waals surface area (Å²) in [5.74, 6) is -2.11. The second-order valence-electron chi connectivity index (χ2n) is 10.1. The number of oxime groups is 1. The molecule has 6 rings (SSSR count). The third-order valence-electron chi connectivity index (χ3n) is 7.43. The molecule has 3 saturated carbocycles. The van der Waals surface area contributed by atoms with E-state index in [2.05, 4.69) is 21.4 Å². The molecule has 0 aromatic heterocycles. The predicted molar refractivity (Wildman–Crippen MR) is 120 cm³/mol. The lowest BCUT2D eigenvalue weighted by Gasteiger charge is -2.67. The van der Waals surface area contributed by atoms with Crippen LogP contribution in [0.3, 0.4) is 0 Å².